The van der Waals surface area contributed by atoms with E-state index in [0.717, 1.165) is 13.0 Å². The van der Waals surface area contributed by atoms with E-state index in [0.29, 0.717) is 24.3 Å². The molecular formula is C16H23NO. The number of fused-ring (bicyclic) bond motifs is 1. The summed E-state index contributed by atoms with van der Waals surface area (Å²) in [6.45, 7) is 5.16. The molecular weight excluding hydrogens is 222 g/mol. The maximum Gasteiger partial charge on any atom is 0.136 e. The number of Topliss-reactive ketones (excluding diaryl/α,β-unsaturated/α-hetero) is 1. The number of benzene rings is 1. The zero-order valence-electron chi connectivity index (χ0n) is 11.4. The summed E-state index contributed by atoms with van der Waals surface area (Å²) in [6, 6.07) is 11.3. The molecule has 0 N–H and O–H groups in total. The number of rotatable bonds is 1. The standard InChI is InChI=1S/C14H17NO.C2H6/c16-13-9-12-7-4-8-15(12)14(10-13)11-5-2-1-3-6-11;1-2/h1-3,5-6,12,14H,4,7-10H2;1-2H3. The van der Waals surface area contributed by atoms with Crippen molar-refractivity contribution in [1.29, 1.82) is 0 Å². The molecule has 98 valence electrons. The van der Waals surface area contributed by atoms with Crippen LogP contribution in [0.5, 0.6) is 0 Å². The average molecular weight is 245 g/mol. The second-order valence-corrected chi connectivity index (χ2v) is 4.91. The van der Waals surface area contributed by atoms with Crippen LogP contribution < -0.4 is 0 Å². The second kappa shape index (κ2) is 6.14. The van der Waals surface area contributed by atoms with Crippen molar-refractivity contribution in [2.24, 2.45) is 0 Å². The van der Waals surface area contributed by atoms with E-state index in [1.807, 2.05) is 19.9 Å². The monoisotopic (exact) mass is 245 g/mol. The number of carbonyl (C=O) groups is 1. The van der Waals surface area contributed by atoms with Crippen LogP contribution >= 0.6 is 0 Å². The van der Waals surface area contributed by atoms with Crippen LogP contribution in [-0.2, 0) is 4.79 Å². The van der Waals surface area contributed by atoms with E-state index in [9.17, 15) is 4.79 Å². The SMILES string of the molecule is CC.O=C1CC2CCCN2C(c2ccccc2)C1. The van der Waals surface area contributed by atoms with E-state index in [-0.39, 0.29) is 0 Å². The predicted octanol–water partition coefficient (Wildman–Crippen LogP) is 3.58. The Morgan fingerprint density at radius 2 is 1.83 bits per heavy atom. The molecule has 0 aliphatic carbocycles. The molecule has 2 heteroatoms. The van der Waals surface area contributed by atoms with Gasteiger partial charge in [0.05, 0.1) is 0 Å². The second-order valence-electron chi connectivity index (χ2n) is 4.91. The minimum Gasteiger partial charge on any atom is -0.300 e. The fourth-order valence-electron chi connectivity index (χ4n) is 3.15. The van der Waals surface area contributed by atoms with E-state index in [1.165, 1.54) is 18.4 Å². The van der Waals surface area contributed by atoms with Crippen molar-refractivity contribution >= 4 is 5.78 Å². The van der Waals surface area contributed by atoms with Gasteiger partial charge < -0.3 is 0 Å². The normalized spacial score (nSPS) is 27.3. The molecule has 0 aromatic heterocycles. The summed E-state index contributed by atoms with van der Waals surface area (Å²) in [4.78, 5) is 14.3. The average Bonchev–Trinajstić information content (AvgIpc) is 2.89. The first-order valence-corrected chi connectivity index (χ1v) is 7.17. The van der Waals surface area contributed by atoms with E-state index in [1.54, 1.807) is 0 Å². The van der Waals surface area contributed by atoms with Gasteiger partial charge in [0, 0.05) is 24.9 Å². The van der Waals surface area contributed by atoms with E-state index < -0.39 is 0 Å². The first-order valence-electron chi connectivity index (χ1n) is 7.17. The van der Waals surface area contributed by atoms with Crippen LogP contribution in [0.25, 0.3) is 0 Å². The summed E-state index contributed by atoms with van der Waals surface area (Å²) < 4.78 is 0. The fraction of sp³-hybridized carbons (Fsp3) is 0.562. The van der Waals surface area contributed by atoms with Gasteiger partial charge in [-0.25, -0.2) is 0 Å². The van der Waals surface area contributed by atoms with Crippen LogP contribution in [0.3, 0.4) is 0 Å². The molecule has 0 radical (unpaired) electrons. The van der Waals surface area contributed by atoms with Crippen LogP contribution in [0.1, 0.15) is 51.1 Å². The Morgan fingerprint density at radius 1 is 1.11 bits per heavy atom. The van der Waals surface area contributed by atoms with Gasteiger partial charge in [0.25, 0.3) is 0 Å². The lowest BCUT2D eigenvalue weighted by molar-refractivity contribution is -0.124. The third kappa shape index (κ3) is 2.64. The number of hydrogen-bond donors (Lipinski definition) is 0. The molecule has 2 unspecified atom stereocenters. The Hall–Kier alpha value is -1.15. The van der Waals surface area contributed by atoms with Gasteiger partial charge in [-0.3, -0.25) is 9.69 Å². The Kier molecular flexibility index (Phi) is 4.54. The number of ketones is 1. The van der Waals surface area contributed by atoms with Gasteiger partial charge in [0.15, 0.2) is 0 Å². The number of hydrogen-bond acceptors (Lipinski definition) is 2. The molecule has 3 rings (SSSR count). The fourth-order valence-corrected chi connectivity index (χ4v) is 3.15. The molecule has 2 fully saturated rings. The molecule has 2 nitrogen and oxygen atoms in total. The summed E-state index contributed by atoms with van der Waals surface area (Å²) in [5.41, 5.74) is 1.31. The zero-order valence-corrected chi connectivity index (χ0v) is 11.4. The number of nitrogens with zero attached hydrogens (tertiary/aromatic N) is 1. The van der Waals surface area contributed by atoms with Crippen LogP contribution in [0.2, 0.25) is 0 Å². The van der Waals surface area contributed by atoms with Gasteiger partial charge in [0.2, 0.25) is 0 Å². The summed E-state index contributed by atoms with van der Waals surface area (Å²) in [6.07, 6.45) is 3.94. The molecule has 2 aliphatic heterocycles. The third-order valence-electron chi connectivity index (χ3n) is 3.89. The Labute approximate surface area is 110 Å². The third-order valence-corrected chi connectivity index (χ3v) is 3.89. The van der Waals surface area contributed by atoms with E-state index >= 15 is 0 Å². The largest absolute Gasteiger partial charge is 0.300 e. The molecule has 2 saturated heterocycles. The molecule has 0 saturated carbocycles. The first kappa shape index (κ1) is 13.3. The minimum atomic E-state index is 0.343. The van der Waals surface area contributed by atoms with E-state index in [2.05, 4.69) is 29.2 Å². The van der Waals surface area contributed by atoms with Crippen molar-refractivity contribution < 1.29 is 4.79 Å². The van der Waals surface area contributed by atoms with Crippen LogP contribution in [-0.4, -0.2) is 23.3 Å². The number of piperidine rings is 1. The van der Waals surface area contributed by atoms with Crippen molar-refractivity contribution in [2.45, 2.75) is 51.6 Å². The Morgan fingerprint density at radius 3 is 2.56 bits per heavy atom. The smallest absolute Gasteiger partial charge is 0.136 e. The molecule has 0 amide bonds. The first-order chi connectivity index (χ1) is 8.84. The molecule has 2 aliphatic rings. The van der Waals surface area contributed by atoms with Gasteiger partial charge in [-0.15, -0.1) is 0 Å². The van der Waals surface area contributed by atoms with Gasteiger partial charge >= 0.3 is 0 Å². The maximum absolute atomic E-state index is 11.8. The van der Waals surface area contributed by atoms with Gasteiger partial charge in [0.1, 0.15) is 5.78 Å². The van der Waals surface area contributed by atoms with Crippen LogP contribution in [0.15, 0.2) is 30.3 Å². The summed E-state index contributed by atoms with van der Waals surface area (Å²) in [5.74, 6) is 0.442. The lowest BCUT2D eigenvalue weighted by Crippen LogP contribution is -2.40. The van der Waals surface area contributed by atoms with Crippen molar-refractivity contribution in [1.82, 2.24) is 4.90 Å². The number of carbonyl (C=O) groups excluding carboxylic acids is 1. The highest BCUT2D eigenvalue weighted by atomic mass is 16.1. The molecule has 1 aromatic rings. The lowest BCUT2D eigenvalue weighted by atomic mass is 9.91. The summed E-state index contributed by atoms with van der Waals surface area (Å²) in [7, 11) is 0. The molecule has 2 heterocycles. The Bertz CT molecular complexity index is 387. The molecule has 2 atom stereocenters. The molecule has 0 bridgehead atoms. The van der Waals surface area contributed by atoms with E-state index in [4.69, 9.17) is 0 Å². The highest BCUT2D eigenvalue weighted by Crippen LogP contribution is 2.37. The van der Waals surface area contributed by atoms with Crippen LogP contribution in [0, 0.1) is 0 Å². The van der Waals surface area contributed by atoms with Crippen molar-refractivity contribution in [3.8, 4) is 0 Å². The predicted molar refractivity (Wildman–Crippen MR) is 74.5 cm³/mol. The van der Waals surface area contributed by atoms with Crippen molar-refractivity contribution in [3.05, 3.63) is 35.9 Å². The Balaban J connectivity index is 0.000000574. The van der Waals surface area contributed by atoms with Crippen molar-refractivity contribution in [3.63, 3.8) is 0 Å². The summed E-state index contributed by atoms with van der Waals surface area (Å²) in [5, 5.41) is 0. The minimum absolute atomic E-state index is 0.343. The topological polar surface area (TPSA) is 20.3 Å². The van der Waals surface area contributed by atoms with Gasteiger partial charge in [-0.05, 0) is 24.9 Å². The highest BCUT2D eigenvalue weighted by Gasteiger charge is 2.37. The lowest BCUT2D eigenvalue weighted by Gasteiger charge is -2.37. The molecule has 1 aromatic carbocycles. The molecule has 18 heavy (non-hydrogen) atoms. The highest BCUT2D eigenvalue weighted by molar-refractivity contribution is 5.80. The van der Waals surface area contributed by atoms with Gasteiger partial charge in [-0.2, -0.15) is 0 Å². The molecule has 0 spiro atoms. The summed E-state index contributed by atoms with van der Waals surface area (Å²) >= 11 is 0. The zero-order chi connectivity index (χ0) is 13.0. The maximum atomic E-state index is 11.8. The van der Waals surface area contributed by atoms with Gasteiger partial charge in [-0.1, -0.05) is 44.2 Å². The van der Waals surface area contributed by atoms with Crippen molar-refractivity contribution in [2.75, 3.05) is 6.54 Å². The van der Waals surface area contributed by atoms with Crippen LogP contribution in [0.4, 0.5) is 0 Å². The quantitative estimate of drug-likeness (QED) is 0.753.